The first-order chi connectivity index (χ1) is 5.38. The minimum Gasteiger partial charge on any atom is -0.289 e. The molecule has 0 aliphatic heterocycles. The molecular formula is C10H7O. The number of allylic oxidation sites excluding steroid dienone is 2. The van der Waals surface area contributed by atoms with Gasteiger partial charge in [-0.15, -0.1) is 0 Å². The molecule has 1 nitrogen and oxygen atoms in total. The molecule has 0 bridgehead atoms. The maximum absolute atomic E-state index is 11.2. The first-order valence-corrected chi connectivity index (χ1v) is 3.58. The van der Waals surface area contributed by atoms with Gasteiger partial charge in [0.15, 0.2) is 5.78 Å². The number of hydrogen-bond acceptors (Lipinski definition) is 1. The number of benzene rings is 1. The lowest BCUT2D eigenvalue weighted by molar-refractivity contribution is 0.104. The highest BCUT2D eigenvalue weighted by Gasteiger charge is 2.10. The third-order valence-corrected chi connectivity index (χ3v) is 1.80. The summed E-state index contributed by atoms with van der Waals surface area (Å²) in [7, 11) is 0. The summed E-state index contributed by atoms with van der Waals surface area (Å²) in [4.78, 5) is 11.2. The average Bonchev–Trinajstić information content (AvgIpc) is 2.06. The van der Waals surface area contributed by atoms with Crippen molar-refractivity contribution in [1.82, 2.24) is 0 Å². The average molecular weight is 143 g/mol. The predicted octanol–water partition coefficient (Wildman–Crippen LogP) is 1.78. The summed E-state index contributed by atoms with van der Waals surface area (Å²) in [5.41, 5.74) is 1.81. The Labute approximate surface area is 65.4 Å². The van der Waals surface area contributed by atoms with Crippen molar-refractivity contribution >= 4 is 5.78 Å². The quantitative estimate of drug-likeness (QED) is 0.541. The van der Waals surface area contributed by atoms with Gasteiger partial charge >= 0.3 is 0 Å². The van der Waals surface area contributed by atoms with E-state index in [-0.39, 0.29) is 5.78 Å². The van der Waals surface area contributed by atoms with Gasteiger partial charge in [-0.05, 0) is 24.1 Å². The fourth-order valence-corrected chi connectivity index (χ4v) is 1.25. The molecule has 1 radical (unpaired) electrons. The molecule has 0 amide bonds. The Hall–Kier alpha value is -1.37. The number of rotatable bonds is 0. The zero-order valence-corrected chi connectivity index (χ0v) is 6.00. The zero-order chi connectivity index (χ0) is 7.68. The van der Waals surface area contributed by atoms with Gasteiger partial charge in [-0.25, -0.2) is 0 Å². The summed E-state index contributed by atoms with van der Waals surface area (Å²) in [5, 5.41) is 0. The molecule has 0 atom stereocenters. The normalized spacial score (nSPS) is 14.7. The lowest BCUT2D eigenvalue weighted by Gasteiger charge is -2.07. The lowest BCUT2D eigenvalue weighted by atomic mass is 9.96. The van der Waals surface area contributed by atoms with Gasteiger partial charge in [-0.2, -0.15) is 0 Å². The van der Waals surface area contributed by atoms with E-state index in [9.17, 15) is 4.79 Å². The Kier molecular flexibility index (Phi) is 1.35. The van der Waals surface area contributed by atoms with Crippen LogP contribution in [-0.2, 0) is 6.42 Å². The Balaban J connectivity index is 2.59. The second-order valence-electron chi connectivity index (χ2n) is 2.54. The minimum absolute atomic E-state index is 0.0758. The van der Waals surface area contributed by atoms with Gasteiger partial charge in [-0.3, -0.25) is 4.79 Å². The molecule has 0 heterocycles. The summed E-state index contributed by atoms with van der Waals surface area (Å²) in [6.07, 6.45) is 4.36. The van der Waals surface area contributed by atoms with Crippen LogP contribution in [-0.4, -0.2) is 5.78 Å². The van der Waals surface area contributed by atoms with Crippen LogP contribution in [0.1, 0.15) is 15.9 Å². The van der Waals surface area contributed by atoms with E-state index in [0.29, 0.717) is 0 Å². The monoisotopic (exact) mass is 143 g/mol. The number of ketones is 1. The third kappa shape index (κ3) is 0.984. The van der Waals surface area contributed by atoms with E-state index >= 15 is 0 Å². The van der Waals surface area contributed by atoms with Gasteiger partial charge in [0, 0.05) is 5.56 Å². The third-order valence-electron chi connectivity index (χ3n) is 1.80. The van der Waals surface area contributed by atoms with Gasteiger partial charge in [0.05, 0.1) is 0 Å². The van der Waals surface area contributed by atoms with Crippen LogP contribution < -0.4 is 0 Å². The SMILES string of the molecule is O=C1C=CCc2ccc[c]c21. The number of carbonyl (C=O) groups is 1. The molecule has 53 valence electrons. The maximum atomic E-state index is 11.2. The highest BCUT2D eigenvalue weighted by molar-refractivity contribution is 6.06. The summed E-state index contributed by atoms with van der Waals surface area (Å²) in [6.45, 7) is 0. The summed E-state index contributed by atoms with van der Waals surface area (Å²) >= 11 is 0. The van der Waals surface area contributed by atoms with E-state index in [2.05, 4.69) is 6.07 Å². The lowest BCUT2D eigenvalue weighted by Crippen LogP contribution is -2.04. The predicted molar refractivity (Wildman–Crippen MR) is 42.5 cm³/mol. The van der Waals surface area contributed by atoms with Crippen LogP contribution in [0, 0.1) is 6.07 Å². The van der Waals surface area contributed by atoms with Gasteiger partial charge in [-0.1, -0.05) is 24.3 Å². The first kappa shape index (κ1) is 6.35. The number of carbonyl (C=O) groups excluding carboxylic acids is 1. The molecule has 11 heavy (non-hydrogen) atoms. The fraction of sp³-hybridized carbons (Fsp3) is 0.100. The van der Waals surface area contributed by atoms with Crippen LogP contribution in [0.3, 0.4) is 0 Å². The van der Waals surface area contributed by atoms with Gasteiger partial charge in [0.2, 0.25) is 0 Å². The summed E-state index contributed by atoms with van der Waals surface area (Å²) < 4.78 is 0. The van der Waals surface area contributed by atoms with Crippen LogP contribution in [0.25, 0.3) is 0 Å². The molecule has 1 aromatic carbocycles. The molecule has 0 spiro atoms. The Morgan fingerprint density at radius 1 is 1.45 bits per heavy atom. The molecule has 0 saturated carbocycles. The van der Waals surface area contributed by atoms with E-state index in [0.717, 1.165) is 17.5 Å². The molecular weight excluding hydrogens is 136 g/mol. The van der Waals surface area contributed by atoms with Gasteiger partial charge in [0.1, 0.15) is 0 Å². The van der Waals surface area contributed by atoms with Crippen LogP contribution in [0.4, 0.5) is 0 Å². The van der Waals surface area contributed by atoms with Crippen molar-refractivity contribution in [2.24, 2.45) is 0 Å². The Bertz CT molecular complexity index is 323. The smallest absolute Gasteiger partial charge is 0.186 e. The van der Waals surface area contributed by atoms with E-state index in [1.165, 1.54) is 0 Å². The highest BCUT2D eigenvalue weighted by atomic mass is 16.1. The molecule has 1 aliphatic rings. The molecule has 0 N–H and O–H groups in total. The van der Waals surface area contributed by atoms with Crippen molar-refractivity contribution in [3.63, 3.8) is 0 Å². The topological polar surface area (TPSA) is 17.1 Å². The molecule has 0 saturated heterocycles. The standard InChI is InChI=1S/C10H7O/c11-10-7-3-5-8-4-1-2-6-9(8)10/h1-4,7H,5H2. The zero-order valence-electron chi connectivity index (χ0n) is 6.00. The molecule has 0 unspecified atom stereocenters. The first-order valence-electron chi connectivity index (χ1n) is 3.58. The van der Waals surface area contributed by atoms with E-state index in [1.807, 2.05) is 18.2 Å². The van der Waals surface area contributed by atoms with Crippen molar-refractivity contribution in [2.75, 3.05) is 0 Å². The van der Waals surface area contributed by atoms with Gasteiger partial charge < -0.3 is 0 Å². The number of hydrogen-bond donors (Lipinski definition) is 0. The largest absolute Gasteiger partial charge is 0.289 e. The Morgan fingerprint density at radius 2 is 2.36 bits per heavy atom. The molecule has 0 fully saturated rings. The maximum Gasteiger partial charge on any atom is 0.186 e. The van der Waals surface area contributed by atoms with Crippen molar-refractivity contribution in [3.05, 3.63) is 47.5 Å². The van der Waals surface area contributed by atoms with Crippen LogP contribution in [0.2, 0.25) is 0 Å². The molecule has 1 aliphatic carbocycles. The van der Waals surface area contributed by atoms with Crippen LogP contribution in [0.15, 0.2) is 30.4 Å². The van der Waals surface area contributed by atoms with E-state index < -0.39 is 0 Å². The fourth-order valence-electron chi connectivity index (χ4n) is 1.25. The van der Waals surface area contributed by atoms with E-state index in [4.69, 9.17) is 0 Å². The molecule has 0 aromatic heterocycles. The molecule has 1 heteroatoms. The van der Waals surface area contributed by atoms with E-state index in [1.54, 1.807) is 12.1 Å². The van der Waals surface area contributed by atoms with Crippen molar-refractivity contribution < 1.29 is 4.79 Å². The van der Waals surface area contributed by atoms with Crippen molar-refractivity contribution in [3.8, 4) is 0 Å². The molecule has 1 aromatic rings. The molecule has 2 rings (SSSR count). The van der Waals surface area contributed by atoms with Crippen molar-refractivity contribution in [1.29, 1.82) is 0 Å². The highest BCUT2D eigenvalue weighted by Crippen LogP contribution is 2.14. The van der Waals surface area contributed by atoms with Crippen LogP contribution in [0.5, 0.6) is 0 Å². The van der Waals surface area contributed by atoms with Crippen LogP contribution >= 0.6 is 0 Å². The summed E-state index contributed by atoms with van der Waals surface area (Å²) in [6, 6.07) is 8.59. The van der Waals surface area contributed by atoms with Gasteiger partial charge in [0.25, 0.3) is 0 Å². The Morgan fingerprint density at radius 3 is 3.18 bits per heavy atom. The van der Waals surface area contributed by atoms with Crippen molar-refractivity contribution in [2.45, 2.75) is 6.42 Å². The summed E-state index contributed by atoms with van der Waals surface area (Å²) in [5.74, 6) is 0.0758. The second kappa shape index (κ2) is 2.35. The second-order valence-corrected chi connectivity index (χ2v) is 2.54. The minimum atomic E-state index is 0.0758. The number of fused-ring (bicyclic) bond motifs is 1.